The van der Waals surface area contributed by atoms with Crippen LogP contribution in [0, 0.1) is 0 Å². The number of nitrogens with zero attached hydrogens (tertiary/aromatic N) is 4. The number of nitrogens with one attached hydrogen (secondary N) is 3. The summed E-state index contributed by atoms with van der Waals surface area (Å²) >= 11 is 0. The Kier molecular flexibility index (Phi) is 7.39. The van der Waals surface area contributed by atoms with Gasteiger partial charge in [-0.2, -0.15) is 4.98 Å². The van der Waals surface area contributed by atoms with E-state index in [0.717, 1.165) is 67.5 Å². The zero-order chi connectivity index (χ0) is 24.7. The van der Waals surface area contributed by atoms with Crippen LogP contribution < -0.4 is 20.7 Å². The number of benzene rings is 2. The van der Waals surface area contributed by atoms with Crippen molar-refractivity contribution in [2.45, 2.75) is 6.42 Å². The van der Waals surface area contributed by atoms with E-state index >= 15 is 0 Å². The van der Waals surface area contributed by atoms with Gasteiger partial charge in [0.1, 0.15) is 5.75 Å². The van der Waals surface area contributed by atoms with Gasteiger partial charge in [-0.25, -0.2) is 4.52 Å². The highest BCUT2D eigenvalue weighted by molar-refractivity contribution is 5.94. The molecule has 2 aromatic carbocycles. The average Bonchev–Trinajstić information content (AvgIpc) is 3.34. The van der Waals surface area contributed by atoms with E-state index in [-0.39, 0.29) is 5.91 Å². The number of amides is 1. The largest absolute Gasteiger partial charge is 0.497 e. The molecule has 0 unspecified atom stereocenters. The molecular formula is C27H31N7O2. The first-order chi connectivity index (χ1) is 17.7. The summed E-state index contributed by atoms with van der Waals surface area (Å²) in [4.78, 5) is 19.5. The van der Waals surface area contributed by atoms with Crippen LogP contribution in [0.3, 0.4) is 0 Å². The number of hydrogen-bond donors (Lipinski definition) is 3. The number of methoxy groups -OCH3 is 1. The minimum atomic E-state index is -0.0596. The Hall–Kier alpha value is -3.95. The molecule has 0 aliphatic carbocycles. The van der Waals surface area contributed by atoms with Crippen LogP contribution in [0.25, 0.3) is 16.9 Å². The molecule has 0 saturated carbocycles. The molecule has 1 fully saturated rings. The lowest BCUT2D eigenvalue weighted by atomic mass is 10.1. The molecule has 9 nitrogen and oxygen atoms in total. The van der Waals surface area contributed by atoms with Crippen molar-refractivity contribution in [1.82, 2.24) is 30.1 Å². The van der Waals surface area contributed by atoms with Gasteiger partial charge >= 0.3 is 0 Å². The first-order valence-corrected chi connectivity index (χ1v) is 12.3. The van der Waals surface area contributed by atoms with E-state index < -0.39 is 0 Å². The van der Waals surface area contributed by atoms with Crippen molar-refractivity contribution in [2.75, 3.05) is 51.7 Å². The van der Waals surface area contributed by atoms with Gasteiger partial charge in [0.2, 0.25) is 5.95 Å². The SMILES string of the molecule is COc1cccc(-c2cccc3nc(Nc4ccc(C(=O)NCCCN5CCNCC5)cc4)nn23)c1. The lowest BCUT2D eigenvalue weighted by Gasteiger charge is -2.27. The topological polar surface area (TPSA) is 95.8 Å². The molecule has 1 saturated heterocycles. The minimum absolute atomic E-state index is 0.0596. The summed E-state index contributed by atoms with van der Waals surface area (Å²) < 4.78 is 7.17. The number of ether oxygens (including phenoxy) is 1. The Bertz CT molecular complexity index is 1310. The predicted octanol–water partition coefficient (Wildman–Crippen LogP) is 3.17. The molecule has 2 aromatic heterocycles. The molecule has 5 rings (SSSR count). The number of hydrogen-bond acceptors (Lipinski definition) is 7. The van der Waals surface area contributed by atoms with E-state index in [1.807, 2.05) is 66.7 Å². The van der Waals surface area contributed by atoms with Gasteiger partial charge in [-0.1, -0.05) is 18.2 Å². The van der Waals surface area contributed by atoms with Gasteiger partial charge in [-0.05, 0) is 61.5 Å². The number of rotatable bonds is 9. The molecule has 36 heavy (non-hydrogen) atoms. The standard InChI is InChI=1S/C27H31N7O2/c1-36-23-6-2-5-21(19-23)24-7-3-8-25-31-27(32-34(24)25)30-22-11-9-20(10-12-22)26(35)29-13-4-16-33-17-14-28-15-18-33/h2-3,5-12,19,28H,4,13-18H2,1H3,(H,29,35)(H,30,32). The molecule has 1 amide bonds. The molecule has 4 aromatic rings. The average molecular weight is 486 g/mol. The third-order valence-corrected chi connectivity index (χ3v) is 6.27. The van der Waals surface area contributed by atoms with Crippen LogP contribution >= 0.6 is 0 Å². The fourth-order valence-corrected chi connectivity index (χ4v) is 4.33. The van der Waals surface area contributed by atoms with Gasteiger partial charge < -0.3 is 25.6 Å². The van der Waals surface area contributed by atoms with Gasteiger partial charge in [0.15, 0.2) is 5.65 Å². The van der Waals surface area contributed by atoms with Crippen LogP contribution in [0.1, 0.15) is 16.8 Å². The van der Waals surface area contributed by atoms with Crippen LogP contribution in [0.15, 0.2) is 66.7 Å². The molecule has 3 N–H and O–H groups in total. The summed E-state index contributed by atoms with van der Waals surface area (Å²) in [6, 6.07) is 21.1. The monoisotopic (exact) mass is 485 g/mol. The molecule has 0 atom stereocenters. The number of carbonyl (C=O) groups is 1. The molecule has 1 aliphatic heterocycles. The molecule has 3 heterocycles. The van der Waals surface area contributed by atoms with Crippen molar-refractivity contribution in [3.05, 3.63) is 72.3 Å². The Labute approximate surface area is 210 Å². The van der Waals surface area contributed by atoms with E-state index in [1.165, 1.54) is 0 Å². The Morgan fingerprint density at radius 1 is 1.06 bits per heavy atom. The lowest BCUT2D eigenvalue weighted by molar-refractivity contribution is 0.0951. The quantitative estimate of drug-likeness (QED) is 0.314. The van der Waals surface area contributed by atoms with Crippen LogP contribution in [0.5, 0.6) is 5.75 Å². The minimum Gasteiger partial charge on any atom is -0.497 e. The number of pyridine rings is 1. The van der Waals surface area contributed by atoms with Gasteiger partial charge in [0, 0.05) is 49.5 Å². The van der Waals surface area contributed by atoms with Crippen molar-refractivity contribution in [2.24, 2.45) is 0 Å². The summed E-state index contributed by atoms with van der Waals surface area (Å²) in [5.74, 6) is 1.21. The van der Waals surface area contributed by atoms with Crippen LogP contribution in [0.2, 0.25) is 0 Å². The summed E-state index contributed by atoms with van der Waals surface area (Å²) in [5.41, 5.74) is 4.07. The van der Waals surface area contributed by atoms with Crippen molar-refractivity contribution < 1.29 is 9.53 Å². The molecule has 9 heteroatoms. The molecule has 186 valence electrons. The van der Waals surface area contributed by atoms with E-state index in [2.05, 4.69) is 30.9 Å². The maximum Gasteiger partial charge on any atom is 0.251 e. The van der Waals surface area contributed by atoms with Crippen LogP contribution in [-0.2, 0) is 0 Å². The highest BCUT2D eigenvalue weighted by atomic mass is 16.5. The van der Waals surface area contributed by atoms with Crippen molar-refractivity contribution in [3.8, 4) is 17.0 Å². The van der Waals surface area contributed by atoms with E-state index in [9.17, 15) is 4.79 Å². The van der Waals surface area contributed by atoms with Crippen molar-refractivity contribution >= 4 is 23.2 Å². The molecule has 0 bridgehead atoms. The Balaban J connectivity index is 1.20. The number of anilines is 2. The third kappa shape index (κ3) is 5.64. The fraction of sp³-hybridized carbons (Fsp3) is 0.296. The van der Waals surface area contributed by atoms with E-state index in [4.69, 9.17) is 4.74 Å². The fourth-order valence-electron chi connectivity index (χ4n) is 4.33. The Morgan fingerprint density at radius 3 is 2.67 bits per heavy atom. The van der Waals surface area contributed by atoms with Gasteiger partial charge in [-0.3, -0.25) is 4.79 Å². The highest BCUT2D eigenvalue weighted by Crippen LogP contribution is 2.25. The number of fused-ring (bicyclic) bond motifs is 1. The van der Waals surface area contributed by atoms with Crippen molar-refractivity contribution in [1.29, 1.82) is 0 Å². The molecule has 0 radical (unpaired) electrons. The number of aromatic nitrogens is 3. The smallest absolute Gasteiger partial charge is 0.251 e. The first-order valence-electron chi connectivity index (χ1n) is 12.3. The molecule has 0 spiro atoms. The first kappa shape index (κ1) is 23.8. The summed E-state index contributed by atoms with van der Waals surface area (Å²) in [6.07, 6.45) is 0.947. The predicted molar refractivity (Wildman–Crippen MR) is 141 cm³/mol. The van der Waals surface area contributed by atoms with Crippen molar-refractivity contribution in [3.63, 3.8) is 0 Å². The summed E-state index contributed by atoms with van der Waals surface area (Å²) in [5, 5.41) is 14.3. The highest BCUT2D eigenvalue weighted by Gasteiger charge is 2.12. The lowest BCUT2D eigenvalue weighted by Crippen LogP contribution is -2.44. The normalized spacial score (nSPS) is 14.0. The maximum absolute atomic E-state index is 12.5. The summed E-state index contributed by atoms with van der Waals surface area (Å²) in [6.45, 7) is 5.92. The van der Waals surface area contributed by atoms with E-state index in [1.54, 1.807) is 11.6 Å². The van der Waals surface area contributed by atoms with E-state index in [0.29, 0.717) is 18.1 Å². The maximum atomic E-state index is 12.5. The number of piperazine rings is 1. The molecule has 1 aliphatic rings. The van der Waals surface area contributed by atoms with Gasteiger partial charge in [0.25, 0.3) is 5.91 Å². The number of carbonyl (C=O) groups excluding carboxylic acids is 1. The zero-order valence-corrected chi connectivity index (χ0v) is 20.4. The molecular weight excluding hydrogens is 454 g/mol. The second kappa shape index (κ2) is 11.2. The Morgan fingerprint density at radius 2 is 1.86 bits per heavy atom. The second-order valence-electron chi connectivity index (χ2n) is 8.75. The van der Waals surface area contributed by atoms with Gasteiger partial charge in [-0.15, -0.1) is 5.10 Å². The van der Waals surface area contributed by atoms with Crippen LogP contribution in [0.4, 0.5) is 11.6 Å². The third-order valence-electron chi connectivity index (χ3n) is 6.27. The van der Waals surface area contributed by atoms with Gasteiger partial charge in [0.05, 0.1) is 12.8 Å². The zero-order valence-electron chi connectivity index (χ0n) is 20.4. The summed E-state index contributed by atoms with van der Waals surface area (Å²) in [7, 11) is 1.65. The van der Waals surface area contributed by atoms with Crippen LogP contribution in [-0.4, -0.2) is 71.8 Å². The second-order valence-corrected chi connectivity index (χ2v) is 8.75.